The molecule has 0 spiro atoms. The second kappa shape index (κ2) is 3.18. The molecule has 0 unspecified atom stereocenters. The van der Waals surface area contributed by atoms with Crippen molar-refractivity contribution in [1.82, 2.24) is 15.2 Å². The smallest absolute Gasteiger partial charge is 0.181 e. The molecule has 64 valence electrons. The minimum atomic E-state index is 0.613. The van der Waals surface area contributed by atoms with Gasteiger partial charge in [0.15, 0.2) is 5.82 Å². The first kappa shape index (κ1) is 7.67. The lowest BCUT2D eigenvalue weighted by atomic mass is 10.2. The highest BCUT2D eigenvalue weighted by Gasteiger charge is 1.98. The molecule has 0 saturated carbocycles. The summed E-state index contributed by atoms with van der Waals surface area (Å²) in [6.45, 7) is 0. The highest BCUT2D eigenvalue weighted by Crippen LogP contribution is 2.14. The summed E-state index contributed by atoms with van der Waals surface area (Å²) in [5, 5.41) is 7.62. The van der Waals surface area contributed by atoms with Crippen molar-refractivity contribution >= 4 is 5.69 Å². The van der Waals surface area contributed by atoms with Crippen molar-refractivity contribution in [3.8, 4) is 11.4 Å². The molecule has 1 aromatic carbocycles. The normalized spacial score (nSPS) is 9.85. The van der Waals surface area contributed by atoms with E-state index in [0.717, 1.165) is 11.3 Å². The zero-order valence-corrected chi connectivity index (χ0v) is 6.88. The van der Waals surface area contributed by atoms with E-state index in [0.29, 0.717) is 5.82 Å². The Bertz CT molecular complexity index is 382. The van der Waals surface area contributed by atoms with E-state index in [1.165, 1.54) is 0 Å². The summed E-state index contributed by atoms with van der Waals surface area (Å²) in [5.74, 6) is 0.613. The van der Waals surface area contributed by atoms with Crippen molar-refractivity contribution in [3.63, 3.8) is 0 Å². The van der Waals surface area contributed by atoms with Crippen LogP contribution in [0.5, 0.6) is 0 Å². The molecule has 0 radical (unpaired) electrons. The minimum absolute atomic E-state index is 0.613. The average molecular weight is 172 g/mol. The number of rotatable bonds is 1. The van der Waals surface area contributed by atoms with Gasteiger partial charge in [0.2, 0.25) is 0 Å². The highest BCUT2D eigenvalue weighted by atomic mass is 15.1. The number of anilines is 1. The summed E-state index contributed by atoms with van der Waals surface area (Å²) in [6.07, 6.45) is 3.15. The van der Waals surface area contributed by atoms with Crippen LogP contribution in [0.4, 0.5) is 5.69 Å². The van der Waals surface area contributed by atoms with Crippen LogP contribution in [-0.4, -0.2) is 15.2 Å². The Morgan fingerprint density at radius 2 is 1.77 bits per heavy atom. The topological polar surface area (TPSA) is 64.7 Å². The Morgan fingerprint density at radius 3 is 2.38 bits per heavy atom. The lowest BCUT2D eigenvalue weighted by Gasteiger charge is -1.97. The molecule has 2 rings (SSSR count). The third-order valence-electron chi connectivity index (χ3n) is 1.65. The second-order valence-corrected chi connectivity index (χ2v) is 2.59. The van der Waals surface area contributed by atoms with Crippen LogP contribution in [0.25, 0.3) is 11.4 Å². The predicted octanol–water partition coefficient (Wildman–Crippen LogP) is 1.12. The van der Waals surface area contributed by atoms with Crippen molar-refractivity contribution in [2.75, 3.05) is 5.73 Å². The largest absolute Gasteiger partial charge is 0.399 e. The average Bonchev–Trinajstić information content (AvgIpc) is 2.20. The fourth-order valence-corrected chi connectivity index (χ4v) is 1.01. The lowest BCUT2D eigenvalue weighted by Crippen LogP contribution is -1.90. The van der Waals surface area contributed by atoms with E-state index >= 15 is 0 Å². The maximum atomic E-state index is 5.55. The first-order valence-electron chi connectivity index (χ1n) is 3.86. The van der Waals surface area contributed by atoms with Crippen LogP contribution >= 0.6 is 0 Å². The predicted molar refractivity (Wildman–Crippen MR) is 49.7 cm³/mol. The monoisotopic (exact) mass is 172 g/mol. The molecular formula is C9H8N4. The molecule has 0 bridgehead atoms. The maximum Gasteiger partial charge on any atom is 0.181 e. The van der Waals surface area contributed by atoms with Crippen molar-refractivity contribution in [2.24, 2.45) is 0 Å². The van der Waals surface area contributed by atoms with Gasteiger partial charge in [0.1, 0.15) is 0 Å². The van der Waals surface area contributed by atoms with Gasteiger partial charge in [-0.15, -0.1) is 5.10 Å². The van der Waals surface area contributed by atoms with Crippen LogP contribution < -0.4 is 5.73 Å². The highest BCUT2D eigenvalue weighted by molar-refractivity contribution is 5.57. The number of aromatic nitrogens is 3. The van der Waals surface area contributed by atoms with Gasteiger partial charge >= 0.3 is 0 Å². The summed E-state index contributed by atoms with van der Waals surface area (Å²) in [5.41, 5.74) is 7.20. The number of hydrogen-bond donors (Lipinski definition) is 1. The minimum Gasteiger partial charge on any atom is -0.399 e. The van der Waals surface area contributed by atoms with Gasteiger partial charge in [0.05, 0.1) is 6.20 Å². The Morgan fingerprint density at radius 1 is 1.00 bits per heavy atom. The number of nitrogen functional groups attached to an aromatic ring is 1. The van der Waals surface area contributed by atoms with Gasteiger partial charge in [-0.1, -0.05) is 0 Å². The van der Waals surface area contributed by atoms with Gasteiger partial charge in [0, 0.05) is 17.4 Å². The van der Waals surface area contributed by atoms with E-state index < -0.39 is 0 Å². The fourth-order valence-electron chi connectivity index (χ4n) is 1.01. The van der Waals surface area contributed by atoms with Gasteiger partial charge in [-0.3, -0.25) is 0 Å². The number of benzene rings is 1. The standard InChI is InChI=1S/C9H8N4/c10-8-3-1-7(2-4-8)9-11-5-6-12-13-9/h1-6H,10H2. The lowest BCUT2D eigenvalue weighted by molar-refractivity contribution is 0.980. The van der Waals surface area contributed by atoms with E-state index in [1.54, 1.807) is 12.4 Å². The van der Waals surface area contributed by atoms with Crippen molar-refractivity contribution in [2.45, 2.75) is 0 Å². The molecule has 0 fully saturated rings. The molecule has 4 nitrogen and oxygen atoms in total. The van der Waals surface area contributed by atoms with Crippen molar-refractivity contribution < 1.29 is 0 Å². The second-order valence-electron chi connectivity index (χ2n) is 2.59. The third-order valence-corrected chi connectivity index (χ3v) is 1.65. The summed E-state index contributed by atoms with van der Waals surface area (Å²) in [4.78, 5) is 4.06. The summed E-state index contributed by atoms with van der Waals surface area (Å²) in [7, 11) is 0. The van der Waals surface area contributed by atoms with Gasteiger partial charge in [0.25, 0.3) is 0 Å². The summed E-state index contributed by atoms with van der Waals surface area (Å²) < 4.78 is 0. The Hall–Kier alpha value is -1.97. The van der Waals surface area contributed by atoms with E-state index in [2.05, 4.69) is 15.2 Å². The molecule has 0 atom stereocenters. The van der Waals surface area contributed by atoms with Crippen molar-refractivity contribution in [1.29, 1.82) is 0 Å². The maximum absolute atomic E-state index is 5.55. The zero-order valence-electron chi connectivity index (χ0n) is 6.88. The SMILES string of the molecule is Nc1ccc(-c2nccnn2)cc1. The first-order valence-corrected chi connectivity index (χ1v) is 3.86. The van der Waals surface area contributed by atoms with Crippen LogP contribution in [-0.2, 0) is 0 Å². The zero-order chi connectivity index (χ0) is 9.10. The van der Waals surface area contributed by atoms with Crippen molar-refractivity contribution in [3.05, 3.63) is 36.7 Å². The van der Waals surface area contributed by atoms with Gasteiger partial charge in [-0.05, 0) is 24.3 Å². The third kappa shape index (κ3) is 1.61. The molecular weight excluding hydrogens is 164 g/mol. The Balaban J connectivity index is 2.42. The van der Waals surface area contributed by atoms with Crippen LogP contribution in [0.15, 0.2) is 36.7 Å². The molecule has 2 aromatic rings. The van der Waals surface area contributed by atoms with E-state index in [9.17, 15) is 0 Å². The number of nitrogens with two attached hydrogens (primary N) is 1. The molecule has 4 heteroatoms. The van der Waals surface area contributed by atoms with Gasteiger partial charge in [-0.25, -0.2) is 4.98 Å². The van der Waals surface area contributed by atoms with Crippen LogP contribution in [0, 0.1) is 0 Å². The molecule has 0 aliphatic carbocycles. The first-order chi connectivity index (χ1) is 6.36. The van der Waals surface area contributed by atoms with E-state index in [4.69, 9.17) is 5.73 Å². The molecule has 0 saturated heterocycles. The summed E-state index contributed by atoms with van der Waals surface area (Å²) >= 11 is 0. The van der Waals surface area contributed by atoms with E-state index in [-0.39, 0.29) is 0 Å². The molecule has 13 heavy (non-hydrogen) atoms. The van der Waals surface area contributed by atoms with Gasteiger partial charge < -0.3 is 5.73 Å². The molecule has 0 aliphatic rings. The Labute approximate surface area is 75.5 Å². The Kier molecular flexibility index (Phi) is 1.88. The molecule has 0 amide bonds. The molecule has 2 N–H and O–H groups in total. The van der Waals surface area contributed by atoms with E-state index in [1.807, 2.05) is 24.3 Å². The number of hydrogen-bond acceptors (Lipinski definition) is 4. The molecule has 0 aliphatic heterocycles. The summed E-state index contributed by atoms with van der Waals surface area (Å²) in [6, 6.07) is 7.36. The number of nitrogens with zero attached hydrogens (tertiary/aromatic N) is 3. The van der Waals surface area contributed by atoms with Crippen LogP contribution in [0.3, 0.4) is 0 Å². The van der Waals surface area contributed by atoms with Gasteiger partial charge in [-0.2, -0.15) is 5.10 Å². The van der Waals surface area contributed by atoms with Crippen LogP contribution in [0.1, 0.15) is 0 Å². The fraction of sp³-hybridized carbons (Fsp3) is 0. The van der Waals surface area contributed by atoms with Crippen LogP contribution in [0.2, 0.25) is 0 Å². The quantitative estimate of drug-likeness (QED) is 0.654. The molecule has 1 heterocycles. The molecule has 1 aromatic heterocycles.